The van der Waals surface area contributed by atoms with Crippen LogP contribution in [0.2, 0.25) is 0 Å². The van der Waals surface area contributed by atoms with Gasteiger partial charge in [0, 0.05) is 5.56 Å². The zero-order valence-corrected chi connectivity index (χ0v) is 10.4. The van der Waals surface area contributed by atoms with E-state index in [1.54, 1.807) is 11.3 Å². The molecule has 18 heavy (non-hydrogen) atoms. The molecule has 0 aliphatic carbocycles. The first kappa shape index (κ1) is 11.2. The van der Waals surface area contributed by atoms with E-state index in [1.807, 2.05) is 47.2 Å². The van der Waals surface area contributed by atoms with E-state index >= 15 is 0 Å². The minimum atomic E-state index is -0.290. The Morgan fingerprint density at radius 3 is 2.78 bits per heavy atom. The monoisotopic (exact) mass is 257 g/mol. The molecule has 0 saturated heterocycles. The fourth-order valence-electron chi connectivity index (χ4n) is 2.02. The number of thiophene rings is 1. The van der Waals surface area contributed by atoms with Crippen molar-refractivity contribution in [1.82, 2.24) is 0 Å². The van der Waals surface area contributed by atoms with Gasteiger partial charge in [-0.15, -0.1) is 0 Å². The van der Waals surface area contributed by atoms with E-state index in [0.717, 1.165) is 16.8 Å². The summed E-state index contributed by atoms with van der Waals surface area (Å²) in [7, 11) is 0. The summed E-state index contributed by atoms with van der Waals surface area (Å²) in [5.74, 6) is -0.554. The Morgan fingerprint density at radius 1 is 1.22 bits per heavy atom. The van der Waals surface area contributed by atoms with Gasteiger partial charge >= 0.3 is 5.97 Å². The van der Waals surface area contributed by atoms with E-state index < -0.39 is 0 Å². The van der Waals surface area contributed by atoms with Crippen molar-refractivity contribution < 1.29 is 9.63 Å². The molecular weight excluding hydrogens is 246 g/mol. The summed E-state index contributed by atoms with van der Waals surface area (Å²) >= 11 is 1.63. The molecular formula is C14H11NO2S. The number of carbonyl (C=O) groups is 1. The van der Waals surface area contributed by atoms with Gasteiger partial charge in [0.1, 0.15) is 11.6 Å². The van der Waals surface area contributed by atoms with Crippen LogP contribution in [0.25, 0.3) is 0 Å². The molecule has 1 unspecified atom stereocenters. The predicted molar refractivity (Wildman–Crippen MR) is 70.6 cm³/mol. The number of benzene rings is 1. The molecule has 1 aliphatic rings. The third-order valence-electron chi connectivity index (χ3n) is 2.94. The van der Waals surface area contributed by atoms with Crippen LogP contribution in [0.1, 0.15) is 11.1 Å². The third kappa shape index (κ3) is 2.07. The highest BCUT2D eigenvalue weighted by Gasteiger charge is 2.33. The van der Waals surface area contributed by atoms with Gasteiger partial charge in [-0.05, 0) is 28.8 Å². The molecule has 0 bridgehead atoms. The summed E-state index contributed by atoms with van der Waals surface area (Å²) in [5, 5.41) is 7.98. The van der Waals surface area contributed by atoms with Crippen LogP contribution >= 0.6 is 11.3 Å². The van der Waals surface area contributed by atoms with Crippen LogP contribution < -0.4 is 0 Å². The summed E-state index contributed by atoms with van der Waals surface area (Å²) in [6, 6.07) is 11.7. The molecule has 0 fully saturated rings. The molecule has 0 amide bonds. The normalized spacial score (nSPS) is 18.6. The van der Waals surface area contributed by atoms with Gasteiger partial charge in [0.05, 0.1) is 0 Å². The van der Waals surface area contributed by atoms with Crippen molar-refractivity contribution in [2.45, 2.75) is 6.42 Å². The van der Waals surface area contributed by atoms with Crippen molar-refractivity contribution in [2.75, 3.05) is 0 Å². The van der Waals surface area contributed by atoms with Gasteiger partial charge < -0.3 is 4.84 Å². The lowest BCUT2D eigenvalue weighted by Gasteiger charge is -2.07. The first-order valence-corrected chi connectivity index (χ1v) is 6.64. The molecule has 0 saturated carbocycles. The molecule has 4 heteroatoms. The van der Waals surface area contributed by atoms with Crippen molar-refractivity contribution >= 4 is 23.0 Å². The maximum absolute atomic E-state index is 11.8. The highest BCUT2D eigenvalue weighted by Crippen LogP contribution is 2.23. The van der Waals surface area contributed by atoms with Crippen LogP contribution in [0.5, 0.6) is 0 Å². The van der Waals surface area contributed by atoms with Crippen molar-refractivity contribution in [3.05, 3.63) is 58.3 Å². The molecule has 1 aromatic heterocycles. The highest BCUT2D eigenvalue weighted by atomic mass is 32.1. The van der Waals surface area contributed by atoms with Crippen molar-refractivity contribution in [1.29, 1.82) is 0 Å². The molecule has 0 spiro atoms. The van der Waals surface area contributed by atoms with Crippen molar-refractivity contribution in [3.63, 3.8) is 0 Å². The molecule has 1 aliphatic heterocycles. The molecule has 3 nitrogen and oxygen atoms in total. The number of carbonyl (C=O) groups excluding carboxylic acids is 1. The van der Waals surface area contributed by atoms with E-state index in [-0.39, 0.29) is 11.9 Å². The Bertz CT molecular complexity index is 575. The molecule has 2 heterocycles. The SMILES string of the molecule is O=C1ON=C(c2ccccc2)C1Cc1ccsc1. The van der Waals surface area contributed by atoms with Gasteiger partial charge in [-0.1, -0.05) is 35.5 Å². The first-order valence-electron chi connectivity index (χ1n) is 5.70. The standard InChI is InChI=1S/C14H11NO2S/c16-14-12(8-10-6-7-18-9-10)13(15-17-14)11-4-2-1-3-5-11/h1-7,9,12H,8H2. The summed E-state index contributed by atoms with van der Waals surface area (Å²) in [6.45, 7) is 0. The van der Waals surface area contributed by atoms with E-state index in [9.17, 15) is 4.79 Å². The fourth-order valence-corrected chi connectivity index (χ4v) is 2.70. The second kappa shape index (κ2) is 4.74. The second-order valence-electron chi connectivity index (χ2n) is 4.14. The summed E-state index contributed by atoms with van der Waals surface area (Å²) in [4.78, 5) is 16.6. The minimum absolute atomic E-state index is 0.264. The van der Waals surface area contributed by atoms with Gasteiger partial charge in [-0.3, -0.25) is 0 Å². The molecule has 1 atom stereocenters. The summed E-state index contributed by atoms with van der Waals surface area (Å²) in [5.41, 5.74) is 2.82. The lowest BCUT2D eigenvalue weighted by atomic mass is 9.92. The second-order valence-corrected chi connectivity index (χ2v) is 4.92. The van der Waals surface area contributed by atoms with E-state index in [4.69, 9.17) is 4.84 Å². The van der Waals surface area contributed by atoms with E-state index in [0.29, 0.717) is 6.42 Å². The lowest BCUT2D eigenvalue weighted by Crippen LogP contribution is -2.21. The third-order valence-corrected chi connectivity index (χ3v) is 3.67. The van der Waals surface area contributed by atoms with Crippen molar-refractivity contribution in [3.8, 4) is 0 Å². The zero-order valence-electron chi connectivity index (χ0n) is 9.58. The Hall–Kier alpha value is -1.94. The van der Waals surface area contributed by atoms with Gasteiger partial charge in [-0.25, -0.2) is 4.79 Å². The molecule has 1 aromatic carbocycles. The van der Waals surface area contributed by atoms with Crippen LogP contribution in [-0.4, -0.2) is 11.7 Å². The van der Waals surface area contributed by atoms with Crippen LogP contribution in [0, 0.1) is 5.92 Å². The largest absolute Gasteiger partial charge is 0.344 e. The number of oxime groups is 1. The topological polar surface area (TPSA) is 38.7 Å². The van der Waals surface area contributed by atoms with Gasteiger partial charge in [0.25, 0.3) is 0 Å². The maximum atomic E-state index is 11.8. The van der Waals surface area contributed by atoms with Crippen LogP contribution in [0.4, 0.5) is 0 Å². The Kier molecular flexibility index (Phi) is 2.94. The van der Waals surface area contributed by atoms with Crippen LogP contribution in [0.15, 0.2) is 52.3 Å². The molecule has 0 radical (unpaired) electrons. The summed E-state index contributed by atoms with van der Waals surface area (Å²) < 4.78 is 0. The zero-order chi connectivity index (χ0) is 12.4. The van der Waals surface area contributed by atoms with E-state index in [1.165, 1.54) is 0 Å². The summed E-state index contributed by atoms with van der Waals surface area (Å²) in [6.07, 6.45) is 0.649. The number of nitrogens with zero attached hydrogens (tertiary/aromatic N) is 1. The Labute approximate surface area is 109 Å². The van der Waals surface area contributed by atoms with E-state index in [2.05, 4.69) is 5.16 Å². The number of rotatable bonds is 3. The van der Waals surface area contributed by atoms with Gasteiger partial charge in [0.2, 0.25) is 0 Å². The van der Waals surface area contributed by atoms with Crippen LogP contribution in [-0.2, 0) is 16.1 Å². The first-order chi connectivity index (χ1) is 8.84. The van der Waals surface area contributed by atoms with Gasteiger partial charge in [-0.2, -0.15) is 11.3 Å². The fraction of sp³-hybridized carbons (Fsp3) is 0.143. The predicted octanol–water partition coefficient (Wildman–Crippen LogP) is 2.87. The maximum Gasteiger partial charge on any atom is 0.344 e. The highest BCUT2D eigenvalue weighted by molar-refractivity contribution is 7.07. The average Bonchev–Trinajstić information content (AvgIpc) is 3.03. The quantitative estimate of drug-likeness (QED) is 0.793. The Morgan fingerprint density at radius 2 is 2.06 bits per heavy atom. The Balaban J connectivity index is 1.88. The number of hydrogen-bond acceptors (Lipinski definition) is 4. The van der Waals surface area contributed by atoms with Crippen molar-refractivity contribution in [2.24, 2.45) is 11.1 Å². The lowest BCUT2D eigenvalue weighted by molar-refractivity contribution is -0.143. The smallest absolute Gasteiger partial charge is 0.317 e. The molecule has 90 valence electrons. The average molecular weight is 257 g/mol. The minimum Gasteiger partial charge on any atom is -0.317 e. The molecule has 0 N–H and O–H groups in total. The van der Waals surface area contributed by atoms with Gasteiger partial charge in [0.15, 0.2) is 0 Å². The molecule has 2 aromatic rings. The number of hydrogen-bond donors (Lipinski definition) is 0. The van der Waals surface area contributed by atoms with Crippen LogP contribution in [0.3, 0.4) is 0 Å². The molecule has 3 rings (SSSR count).